The maximum atomic E-state index is 14.6. The Morgan fingerprint density at radius 1 is 1.16 bits per heavy atom. The lowest BCUT2D eigenvalue weighted by Crippen LogP contribution is -2.52. The number of benzene rings is 2. The van der Waals surface area contributed by atoms with Crippen LogP contribution in [0.15, 0.2) is 42.5 Å². The third-order valence-corrected chi connectivity index (χ3v) is 6.06. The number of carbonyl (C=O) groups excluding carboxylic acids is 4. The zero-order valence-corrected chi connectivity index (χ0v) is 17.5. The van der Waals surface area contributed by atoms with E-state index in [9.17, 15) is 28.0 Å². The van der Waals surface area contributed by atoms with Crippen molar-refractivity contribution in [1.82, 2.24) is 10.2 Å². The molecular formula is C24H22F2N2O4. The lowest BCUT2D eigenvalue weighted by Gasteiger charge is -2.29. The molecule has 8 heteroatoms. The van der Waals surface area contributed by atoms with E-state index in [0.29, 0.717) is 22.3 Å². The zero-order valence-electron chi connectivity index (χ0n) is 17.5. The molecule has 32 heavy (non-hydrogen) atoms. The van der Waals surface area contributed by atoms with Crippen LogP contribution in [0.3, 0.4) is 0 Å². The summed E-state index contributed by atoms with van der Waals surface area (Å²) >= 11 is 0. The lowest BCUT2D eigenvalue weighted by atomic mass is 9.95. The average Bonchev–Trinajstić information content (AvgIpc) is 3.07. The molecule has 1 atom stereocenters. The fourth-order valence-electron chi connectivity index (χ4n) is 4.27. The van der Waals surface area contributed by atoms with E-state index >= 15 is 0 Å². The van der Waals surface area contributed by atoms with Crippen LogP contribution in [-0.4, -0.2) is 34.4 Å². The summed E-state index contributed by atoms with van der Waals surface area (Å²) in [5.41, 5.74) is 1.85. The minimum Gasteiger partial charge on any atom is -0.322 e. The number of hydrogen-bond donors (Lipinski definition) is 1. The maximum Gasteiger partial charge on any atom is 0.330 e. The molecular weight excluding hydrogens is 418 g/mol. The summed E-state index contributed by atoms with van der Waals surface area (Å²) in [6.07, 6.45) is 0.198. The third-order valence-electron chi connectivity index (χ3n) is 6.06. The van der Waals surface area contributed by atoms with Crippen molar-refractivity contribution in [3.63, 3.8) is 0 Å². The number of halogens is 2. The number of nitrogens with one attached hydrogen (secondary N) is 1. The van der Waals surface area contributed by atoms with Gasteiger partial charge in [-0.3, -0.25) is 24.5 Å². The van der Waals surface area contributed by atoms with Gasteiger partial charge in [0.15, 0.2) is 0 Å². The van der Waals surface area contributed by atoms with E-state index in [4.69, 9.17) is 0 Å². The number of imide groups is 1. The molecule has 2 heterocycles. The van der Waals surface area contributed by atoms with Gasteiger partial charge in [-0.1, -0.05) is 36.4 Å². The first kappa shape index (κ1) is 21.8. The van der Waals surface area contributed by atoms with Crippen LogP contribution in [-0.2, 0) is 33.3 Å². The summed E-state index contributed by atoms with van der Waals surface area (Å²) in [5, 5.41) is 2.25. The number of amides is 3. The van der Waals surface area contributed by atoms with Crippen molar-refractivity contribution in [2.24, 2.45) is 0 Å². The molecule has 166 valence electrons. The van der Waals surface area contributed by atoms with Gasteiger partial charge in [0.1, 0.15) is 6.04 Å². The van der Waals surface area contributed by atoms with E-state index in [1.165, 1.54) is 17.0 Å². The Labute approximate surface area is 183 Å². The summed E-state index contributed by atoms with van der Waals surface area (Å²) in [7, 11) is 0. The van der Waals surface area contributed by atoms with E-state index in [-0.39, 0.29) is 49.6 Å². The van der Waals surface area contributed by atoms with Crippen molar-refractivity contribution in [2.75, 3.05) is 0 Å². The van der Waals surface area contributed by atoms with Gasteiger partial charge in [-0.15, -0.1) is 0 Å². The van der Waals surface area contributed by atoms with Gasteiger partial charge in [-0.05, 0) is 42.5 Å². The first-order valence-corrected chi connectivity index (χ1v) is 10.4. The van der Waals surface area contributed by atoms with Gasteiger partial charge in [-0.2, -0.15) is 8.78 Å². The second kappa shape index (κ2) is 8.26. The number of aryl methyl sites for hydroxylation is 2. The monoisotopic (exact) mass is 440 g/mol. The molecule has 6 nitrogen and oxygen atoms in total. The molecule has 1 unspecified atom stereocenters. The van der Waals surface area contributed by atoms with Crippen LogP contribution < -0.4 is 5.32 Å². The lowest BCUT2D eigenvalue weighted by molar-refractivity contribution is -0.144. The quantitative estimate of drug-likeness (QED) is 0.700. The van der Waals surface area contributed by atoms with Crippen molar-refractivity contribution >= 4 is 23.5 Å². The van der Waals surface area contributed by atoms with E-state index in [2.05, 4.69) is 5.32 Å². The summed E-state index contributed by atoms with van der Waals surface area (Å²) in [6, 6.07) is 10.2. The largest absolute Gasteiger partial charge is 0.330 e. The smallest absolute Gasteiger partial charge is 0.322 e. The second-order valence-corrected chi connectivity index (χ2v) is 8.20. The number of alkyl halides is 2. The first-order chi connectivity index (χ1) is 15.2. The summed E-state index contributed by atoms with van der Waals surface area (Å²) in [4.78, 5) is 50.0. The minimum atomic E-state index is -3.57. The number of hydrogen-bond acceptors (Lipinski definition) is 4. The molecule has 1 N–H and O–H groups in total. The van der Waals surface area contributed by atoms with Crippen LogP contribution in [0.25, 0.3) is 0 Å². The highest BCUT2D eigenvalue weighted by Crippen LogP contribution is 2.33. The normalized spacial score (nSPS) is 18.5. The predicted octanol–water partition coefficient (Wildman–Crippen LogP) is 3.05. The number of ketones is 1. The molecule has 0 bridgehead atoms. The standard InChI is InChI=1S/C24H22F2N2O4/c1-14-4-2-3-5-18(14)24(25,26)20(29)10-7-15-6-8-17-16(12-15)13-28(23(17)32)19-9-11-21(30)27-22(19)31/h2-6,8,12,19H,7,9-11,13H2,1H3,(H,27,30,31). The SMILES string of the molecule is Cc1ccccc1C(F)(F)C(=O)CCc1ccc2c(c1)CN(C1CCC(=O)NC1=O)C2=O. The van der Waals surface area contributed by atoms with Crippen molar-refractivity contribution in [3.8, 4) is 0 Å². The van der Waals surface area contributed by atoms with Crippen LogP contribution in [0, 0.1) is 6.92 Å². The Kier molecular flexibility index (Phi) is 5.62. The number of piperidine rings is 1. The van der Waals surface area contributed by atoms with E-state index in [1.807, 2.05) is 0 Å². The van der Waals surface area contributed by atoms with Crippen molar-refractivity contribution in [1.29, 1.82) is 0 Å². The highest BCUT2D eigenvalue weighted by atomic mass is 19.3. The molecule has 2 aromatic carbocycles. The van der Waals surface area contributed by atoms with Crippen LogP contribution in [0.5, 0.6) is 0 Å². The van der Waals surface area contributed by atoms with Crippen LogP contribution >= 0.6 is 0 Å². The molecule has 0 spiro atoms. The maximum absolute atomic E-state index is 14.6. The van der Waals surface area contributed by atoms with Crippen molar-refractivity contribution < 1.29 is 28.0 Å². The van der Waals surface area contributed by atoms with Crippen molar-refractivity contribution in [2.45, 2.75) is 51.1 Å². The van der Waals surface area contributed by atoms with Crippen LogP contribution in [0.2, 0.25) is 0 Å². The van der Waals surface area contributed by atoms with Gasteiger partial charge < -0.3 is 4.90 Å². The molecule has 1 saturated heterocycles. The van der Waals surface area contributed by atoms with Gasteiger partial charge in [-0.25, -0.2) is 0 Å². The van der Waals surface area contributed by atoms with Crippen LogP contribution in [0.4, 0.5) is 8.78 Å². The number of fused-ring (bicyclic) bond motifs is 1. The highest BCUT2D eigenvalue weighted by molar-refractivity contribution is 6.05. The molecule has 0 aliphatic carbocycles. The van der Waals surface area contributed by atoms with E-state index in [1.54, 1.807) is 37.3 Å². The predicted molar refractivity (Wildman–Crippen MR) is 111 cm³/mol. The molecule has 4 rings (SSSR count). The van der Waals surface area contributed by atoms with Gasteiger partial charge in [0.05, 0.1) is 0 Å². The molecule has 2 aromatic rings. The fraction of sp³-hybridized carbons (Fsp3) is 0.333. The van der Waals surface area contributed by atoms with Gasteiger partial charge in [0.25, 0.3) is 5.91 Å². The fourth-order valence-corrected chi connectivity index (χ4v) is 4.27. The minimum absolute atomic E-state index is 0.111. The average molecular weight is 440 g/mol. The number of carbonyl (C=O) groups is 4. The van der Waals surface area contributed by atoms with Crippen LogP contribution in [0.1, 0.15) is 51.9 Å². The molecule has 3 amide bonds. The molecule has 2 aliphatic heterocycles. The first-order valence-electron chi connectivity index (χ1n) is 10.4. The molecule has 0 saturated carbocycles. The zero-order chi connectivity index (χ0) is 23.0. The van der Waals surface area contributed by atoms with Gasteiger partial charge >= 0.3 is 5.92 Å². The van der Waals surface area contributed by atoms with Gasteiger partial charge in [0, 0.05) is 30.5 Å². The molecule has 1 fully saturated rings. The summed E-state index contributed by atoms with van der Waals surface area (Å²) in [6.45, 7) is 1.74. The second-order valence-electron chi connectivity index (χ2n) is 8.20. The molecule has 2 aliphatic rings. The number of nitrogens with zero attached hydrogens (tertiary/aromatic N) is 1. The van der Waals surface area contributed by atoms with Crippen molar-refractivity contribution in [3.05, 3.63) is 70.3 Å². The Bertz CT molecular complexity index is 1130. The summed E-state index contributed by atoms with van der Waals surface area (Å²) in [5.74, 6) is -5.88. The topological polar surface area (TPSA) is 83.6 Å². The molecule has 0 radical (unpaired) electrons. The Balaban J connectivity index is 1.44. The number of rotatable bonds is 6. The Morgan fingerprint density at radius 2 is 1.91 bits per heavy atom. The molecule has 0 aromatic heterocycles. The van der Waals surface area contributed by atoms with E-state index in [0.717, 1.165) is 0 Å². The Morgan fingerprint density at radius 3 is 2.62 bits per heavy atom. The highest BCUT2D eigenvalue weighted by Gasteiger charge is 2.41. The Hall–Kier alpha value is -3.42. The number of Topliss-reactive ketones (excluding diaryl/α,β-unsaturated/α-hetero) is 1. The third kappa shape index (κ3) is 3.92. The van der Waals surface area contributed by atoms with Gasteiger partial charge in [0.2, 0.25) is 17.6 Å². The van der Waals surface area contributed by atoms with E-state index < -0.39 is 23.7 Å². The summed E-state index contributed by atoms with van der Waals surface area (Å²) < 4.78 is 29.3.